The number of rotatable bonds is 16. The van der Waals surface area contributed by atoms with E-state index in [1.165, 1.54) is 0 Å². The van der Waals surface area contributed by atoms with E-state index in [0.29, 0.717) is 75.0 Å². The predicted molar refractivity (Wildman–Crippen MR) is 137 cm³/mol. The fourth-order valence-corrected chi connectivity index (χ4v) is 3.33. The lowest BCUT2D eigenvalue weighted by Crippen LogP contribution is -2.34. The van der Waals surface area contributed by atoms with Crippen molar-refractivity contribution in [2.75, 3.05) is 64.3 Å². The number of nitrogens with zero attached hydrogens (tertiary/aromatic N) is 2. The van der Waals surface area contributed by atoms with Gasteiger partial charge in [0.2, 0.25) is 11.8 Å². The Morgan fingerprint density at radius 1 is 1.06 bits per heavy atom. The third kappa shape index (κ3) is 11.6. The minimum absolute atomic E-state index is 0.0511. The number of halogens is 2. The van der Waals surface area contributed by atoms with E-state index in [-0.39, 0.29) is 30.8 Å². The molecule has 1 aromatic rings. The van der Waals surface area contributed by atoms with Crippen LogP contribution in [0.4, 0.5) is 5.69 Å². The molecule has 1 aromatic carbocycles. The van der Waals surface area contributed by atoms with Crippen LogP contribution in [0.5, 0.6) is 0 Å². The summed E-state index contributed by atoms with van der Waals surface area (Å²) >= 11 is 12.1. The quantitative estimate of drug-likeness (QED) is 0.220. The van der Waals surface area contributed by atoms with Crippen LogP contribution in [0.15, 0.2) is 23.3 Å². The lowest BCUT2D eigenvalue weighted by molar-refractivity contribution is -0.126. The van der Waals surface area contributed by atoms with Crippen molar-refractivity contribution in [2.24, 2.45) is 11.0 Å². The summed E-state index contributed by atoms with van der Waals surface area (Å²) in [5, 5.41) is 15.3. The molecule has 1 heterocycles. The minimum Gasteiger partial charge on any atom is -0.378 e. The fraction of sp³-hybridized carbons (Fsp3) is 0.591. The molecular weight excluding hydrogens is 496 g/mol. The molecule has 3 N–H and O–H groups in total. The maximum absolute atomic E-state index is 12.3. The summed E-state index contributed by atoms with van der Waals surface area (Å²) in [6.45, 7) is 5.61. The van der Waals surface area contributed by atoms with E-state index in [4.69, 9.17) is 45.4 Å². The molecule has 35 heavy (non-hydrogen) atoms. The van der Waals surface area contributed by atoms with Crippen molar-refractivity contribution in [3.05, 3.63) is 28.2 Å². The van der Waals surface area contributed by atoms with E-state index in [2.05, 4.69) is 21.0 Å². The molecule has 0 bridgehead atoms. The average Bonchev–Trinajstić information content (AvgIpc) is 3.19. The summed E-state index contributed by atoms with van der Waals surface area (Å²) in [7, 11) is 5.12. The molecule has 2 amide bonds. The van der Waals surface area contributed by atoms with E-state index in [0.717, 1.165) is 5.69 Å². The third-order valence-electron chi connectivity index (χ3n) is 4.88. The number of nitrogens with one attached hydrogen (secondary N) is 3. The molecule has 0 aliphatic carbocycles. The Hall–Kier alpha value is -1.89. The van der Waals surface area contributed by atoms with E-state index in [9.17, 15) is 9.59 Å². The van der Waals surface area contributed by atoms with Gasteiger partial charge in [0, 0.05) is 25.4 Å². The smallest absolute Gasteiger partial charge is 0.245 e. The molecule has 10 nitrogen and oxygen atoms in total. The van der Waals surface area contributed by atoms with Crippen LogP contribution in [0.25, 0.3) is 0 Å². The summed E-state index contributed by atoms with van der Waals surface area (Å²) < 4.78 is 15.8. The molecular formula is C22H32BCl2N5O5. The Kier molecular flexibility index (Phi) is 14.0. The number of carbonyl (C=O) groups excluding carboxylic acids is 2. The molecule has 0 spiro atoms. The Morgan fingerprint density at radius 2 is 1.77 bits per heavy atom. The standard InChI is InChI=1S/C22H32BCl2N5O5/c1-16-14-30(17-4-5-18(24)19(25)13-17)29-22(16)28-20(31)3-2-6-26-21(32)15-35-12-11-34-10-9-33-8-7-27-23/h4-5,13,16,27H,2-3,6-12,14-15H2,1H3,(H,26,32)(H,28,29,31). The second-order valence-electron chi connectivity index (χ2n) is 7.80. The lowest BCUT2D eigenvalue weighted by Gasteiger charge is -2.14. The molecule has 0 aromatic heterocycles. The van der Waals surface area contributed by atoms with Crippen LogP contribution in [-0.4, -0.2) is 84.9 Å². The summed E-state index contributed by atoms with van der Waals surface area (Å²) in [5.74, 6) is 0.252. The number of amides is 2. The van der Waals surface area contributed by atoms with Crippen molar-refractivity contribution in [3.8, 4) is 0 Å². The first-order chi connectivity index (χ1) is 16.9. The van der Waals surface area contributed by atoms with Crippen LogP contribution in [0.3, 0.4) is 0 Å². The van der Waals surface area contributed by atoms with Crippen LogP contribution in [0.1, 0.15) is 19.8 Å². The van der Waals surface area contributed by atoms with Crippen molar-refractivity contribution >= 4 is 54.5 Å². The van der Waals surface area contributed by atoms with Crippen LogP contribution in [0.2, 0.25) is 10.0 Å². The molecule has 192 valence electrons. The fourth-order valence-electron chi connectivity index (χ4n) is 3.04. The van der Waals surface area contributed by atoms with E-state index >= 15 is 0 Å². The Balaban J connectivity index is 1.53. The molecule has 0 saturated heterocycles. The number of hydrogen-bond acceptors (Lipinski definition) is 8. The zero-order chi connectivity index (χ0) is 25.5. The topological polar surface area (TPSA) is 114 Å². The number of benzene rings is 1. The molecule has 1 aliphatic heterocycles. The first-order valence-electron chi connectivity index (χ1n) is 11.4. The van der Waals surface area contributed by atoms with Crippen molar-refractivity contribution in [1.29, 1.82) is 0 Å². The lowest BCUT2D eigenvalue weighted by atomic mass is 10.1. The van der Waals surface area contributed by atoms with Crippen LogP contribution < -0.4 is 20.9 Å². The maximum Gasteiger partial charge on any atom is 0.245 e. The Bertz CT molecular complexity index is 848. The molecule has 1 atom stereocenters. The van der Waals surface area contributed by atoms with Gasteiger partial charge in [-0.2, -0.15) is 5.10 Å². The molecule has 0 saturated carbocycles. The summed E-state index contributed by atoms with van der Waals surface area (Å²) in [4.78, 5) is 24.1. The van der Waals surface area contributed by atoms with Gasteiger partial charge in [-0.3, -0.25) is 14.6 Å². The summed E-state index contributed by atoms with van der Waals surface area (Å²) in [5.41, 5.74) is 0.803. The second-order valence-corrected chi connectivity index (χ2v) is 8.61. The highest BCUT2D eigenvalue weighted by Gasteiger charge is 2.25. The Morgan fingerprint density at radius 3 is 2.49 bits per heavy atom. The van der Waals surface area contributed by atoms with E-state index < -0.39 is 0 Å². The summed E-state index contributed by atoms with van der Waals surface area (Å²) in [6, 6.07) is 5.28. The molecule has 1 aliphatic rings. The highest BCUT2D eigenvalue weighted by Crippen LogP contribution is 2.29. The average molecular weight is 528 g/mol. The first-order valence-corrected chi connectivity index (χ1v) is 12.2. The monoisotopic (exact) mass is 527 g/mol. The number of ether oxygens (including phenoxy) is 3. The number of hydrazone groups is 1. The SMILES string of the molecule is [B]NCCOCCOCCOCC(=O)NCCCC(=O)NC1=NN(c2ccc(Cl)c(Cl)c2)CC1C. The van der Waals surface area contributed by atoms with Gasteiger partial charge in [-0.1, -0.05) is 30.1 Å². The van der Waals surface area contributed by atoms with Crippen molar-refractivity contribution < 1.29 is 23.8 Å². The second kappa shape index (κ2) is 16.7. The van der Waals surface area contributed by atoms with Crippen molar-refractivity contribution in [1.82, 2.24) is 15.9 Å². The number of carbonyl (C=O) groups is 2. The minimum atomic E-state index is -0.242. The van der Waals surface area contributed by atoms with Gasteiger partial charge in [0.25, 0.3) is 0 Å². The highest BCUT2D eigenvalue weighted by atomic mass is 35.5. The maximum atomic E-state index is 12.3. The van der Waals surface area contributed by atoms with Gasteiger partial charge >= 0.3 is 0 Å². The first kappa shape index (κ1) is 29.3. The number of amidine groups is 1. The zero-order valence-corrected chi connectivity index (χ0v) is 21.4. The van der Waals surface area contributed by atoms with Crippen molar-refractivity contribution in [2.45, 2.75) is 19.8 Å². The number of hydrogen-bond donors (Lipinski definition) is 3. The van der Waals surface area contributed by atoms with Crippen LogP contribution in [0, 0.1) is 5.92 Å². The third-order valence-corrected chi connectivity index (χ3v) is 5.62. The largest absolute Gasteiger partial charge is 0.378 e. The van der Waals surface area contributed by atoms with Gasteiger partial charge in [-0.15, -0.1) is 0 Å². The highest BCUT2D eigenvalue weighted by molar-refractivity contribution is 6.42. The van der Waals surface area contributed by atoms with Gasteiger partial charge in [-0.25, -0.2) is 0 Å². The zero-order valence-electron chi connectivity index (χ0n) is 19.9. The van der Waals surface area contributed by atoms with Gasteiger partial charge < -0.3 is 30.1 Å². The molecule has 13 heteroatoms. The van der Waals surface area contributed by atoms with Crippen molar-refractivity contribution in [3.63, 3.8) is 0 Å². The molecule has 2 rings (SSSR count). The van der Waals surface area contributed by atoms with Crippen LogP contribution >= 0.6 is 23.2 Å². The summed E-state index contributed by atoms with van der Waals surface area (Å²) in [6.07, 6.45) is 0.759. The van der Waals surface area contributed by atoms with Gasteiger partial charge in [0.05, 0.1) is 55.3 Å². The molecule has 2 radical (unpaired) electrons. The molecule has 1 unspecified atom stereocenters. The number of anilines is 1. The molecule has 0 fully saturated rings. The van der Waals surface area contributed by atoms with E-state index in [1.54, 1.807) is 17.1 Å². The van der Waals surface area contributed by atoms with Gasteiger partial charge in [-0.05, 0) is 24.6 Å². The normalized spacial score (nSPS) is 15.2. The predicted octanol–water partition coefficient (Wildman–Crippen LogP) is 1.50. The van der Waals surface area contributed by atoms with Gasteiger partial charge in [0.1, 0.15) is 12.4 Å². The van der Waals surface area contributed by atoms with E-state index in [1.807, 2.05) is 13.0 Å². The Labute approximate surface area is 217 Å². The van der Waals surface area contributed by atoms with Gasteiger partial charge in [0.15, 0.2) is 7.98 Å². The van der Waals surface area contributed by atoms with Crippen LogP contribution in [-0.2, 0) is 23.8 Å².